The van der Waals surface area contributed by atoms with Gasteiger partial charge in [-0.05, 0) is 17.7 Å². The molecule has 0 unspecified atom stereocenters. The molecule has 5 heteroatoms. The summed E-state index contributed by atoms with van der Waals surface area (Å²) < 4.78 is 11.1. The van der Waals surface area contributed by atoms with E-state index < -0.39 is 0 Å². The molecule has 5 nitrogen and oxygen atoms in total. The molecular weight excluding hydrogens is 338 g/mol. The number of ether oxygens (including phenoxy) is 1. The van der Waals surface area contributed by atoms with Gasteiger partial charge in [-0.2, -0.15) is 0 Å². The molecule has 27 heavy (non-hydrogen) atoms. The predicted octanol–water partition coefficient (Wildman–Crippen LogP) is 3.51. The number of nitrogens with one attached hydrogen (secondary N) is 1. The topological polar surface area (TPSA) is 50.5 Å². The molecular formula is C22H25N3O2. The van der Waals surface area contributed by atoms with Crippen LogP contribution in [-0.2, 0) is 17.7 Å². The summed E-state index contributed by atoms with van der Waals surface area (Å²) >= 11 is 0. The van der Waals surface area contributed by atoms with Crippen molar-refractivity contribution >= 4 is 5.69 Å². The second-order valence-corrected chi connectivity index (χ2v) is 7.41. The van der Waals surface area contributed by atoms with E-state index in [1.165, 1.54) is 11.3 Å². The summed E-state index contributed by atoms with van der Waals surface area (Å²) in [5, 5.41) is 7.94. The van der Waals surface area contributed by atoms with Gasteiger partial charge in [0.25, 0.3) is 0 Å². The van der Waals surface area contributed by atoms with Crippen molar-refractivity contribution in [2.45, 2.75) is 18.5 Å². The van der Waals surface area contributed by atoms with E-state index >= 15 is 0 Å². The van der Waals surface area contributed by atoms with Gasteiger partial charge >= 0.3 is 0 Å². The molecule has 140 valence electrons. The van der Waals surface area contributed by atoms with Crippen molar-refractivity contribution < 1.29 is 9.26 Å². The number of anilines is 1. The maximum atomic E-state index is 5.54. The van der Waals surface area contributed by atoms with Crippen molar-refractivity contribution in [3.63, 3.8) is 0 Å². The van der Waals surface area contributed by atoms with Gasteiger partial charge in [0.2, 0.25) is 0 Å². The van der Waals surface area contributed by atoms with Crippen molar-refractivity contribution in [2.75, 3.05) is 32.2 Å². The lowest BCUT2D eigenvalue weighted by Crippen LogP contribution is -2.61. The highest BCUT2D eigenvalue weighted by atomic mass is 16.5. The third-order valence-electron chi connectivity index (χ3n) is 5.01. The molecule has 1 N–H and O–H groups in total. The van der Waals surface area contributed by atoms with Crippen LogP contribution >= 0.6 is 0 Å². The lowest BCUT2D eigenvalue weighted by Gasteiger charge is -2.42. The summed E-state index contributed by atoms with van der Waals surface area (Å²) in [6.07, 6.45) is 0.791. The molecule has 1 aliphatic rings. The van der Waals surface area contributed by atoms with Gasteiger partial charge < -0.3 is 19.5 Å². The van der Waals surface area contributed by atoms with Crippen LogP contribution in [0.15, 0.2) is 65.2 Å². The van der Waals surface area contributed by atoms with Crippen molar-refractivity contribution in [3.8, 4) is 11.3 Å². The summed E-state index contributed by atoms with van der Waals surface area (Å²) in [5.74, 6) is 0.806. The smallest absolute Gasteiger partial charge is 0.167 e. The van der Waals surface area contributed by atoms with Crippen LogP contribution < -0.4 is 10.2 Å². The Morgan fingerprint density at radius 2 is 1.78 bits per heavy atom. The van der Waals surface area contributed by atoms with Gasteiger partial charge in [0.1, 0.15) is 0 Å². The van der Waals surface area contributed by atoms with Gasteiger partial charge in [-0.25, -0.2) is 0 Å². The van der Waals surface area contributed by atoms with Crippen LogP contribution in [0.5, 0.6) is 0 Å². The average molecular weight is 363 g/mol. The first kappa shape index (κ1) is 17.8. The largest absolute Gasteiger partial charge is 0.378 e. The number of nitrogens with zero attached hydrogens (tertiary/aromatic N) is 2. The van der Waals surface area contributed by atoms with E-state index in [-0.39, 0.29) is 5.54 Å². The predicted molar refractivity (Wildman–Crippen MR) is 107 cm³/mol. The van der Waals surface area contributed by atoms with E-state index in [0.717, 1.165) is 30.0 Å². The summed E-state index contributed by atoms with van der Waals surface area (Å²) in [7, 11) is 4.10. The van der Waals surface area contributed by atoms with Crippen molar-refractivity contribution in [2.24, 2.45) is 0 Å². The highest BCUT2D eigenvalue weighted by molar-refractivity contribution is 5.57. The Bertz CT molecular complexity index is 868. The molecule has 4 rings (SSSR count). The van der Waals surface area contributed by atoms with Crippen LogP contribution in [0.25, 0.3) is 11.3 Å². The van der Waals surface area contributed by atoms with E-state index in [1.807, 2.05) is 36.4 Å². The lowest BCUT2D eigenvalue weighted by molar-refractivity contribution is -0.0755. The Hall–Kier alpha value is -2.63. The second kappa shape index (κ2) is 7.55. The SMILES string of the molecule is CN(C)c1ccc(CNC2(Cc3cc(-c4ccccc4)on3)COC2)cc1. The molecule has 0 bridgehead atoms. The number of hydrogen-bond acceptors (Lipinski definition) is 5. The Labute approximate surface area is 159 Å². The van der Waals surface area contributed by atoms with Gasteiger partial charge in [0.15, 0.2) is 5.76 Å². The summed E-state index contributed by atoms with van der Waals surface area (Å²) in [6.45, 7) is 2.19. The monoisotopic (exact) mass is 363 g/mol. The van der Waals surface area contributed by atoms with E-state index in [0.29, 0.717) is 13.2 Å². The van der Waals surface area contributed by atoms with Crippen LogP contribution in [0, 0.1) is 0 Å². The Balaban J connectivity index is 1.40. The fourth-order valence-corrected chi connectivity index (χ4v) is 3.30. The Morgan fingerprint density at radius 3 is 2.41 bits per heavy atom. The average Bonchev–Trinajstić information content (AvgIpc) is 3.13. The van der Waals surface area contributed by atoms with Gasteiger partial charge in [0, 0.05) is 44.4 Å². The molecule has 2 heterocycles. The molecule has 0 aliphatic carbocycles. The molecule has 2 aromatic carbocycles. The molecule has 0 amide bonds. The first-order chi connectivity index (χ1) is 13.1. The van der Waals surface area contributed by atoms with Gasteiger partial charge in [-0.15, -0.1) is 0 Å². The fraction of sp³-hybridized carbons (Fsp3) is 0.318. The van der Waals surface area contributed by atoms with Crippen molar-refractivity contribution in [1.82, 2.24) is 10.5 Å². The van der Waals surface area contributed by atoms with E-state index in [4.69, 9.17) is 9.26 Å². The zero-order chi connectivity index (χ0) is 18.7. The summed E-state index contributed by atoms with van der Waals surface area (Å²) in [5.41, 5.74) is 4.38. The van der Waals surface area contributed by atoms with Crippen molar-refractivity contribution in [1.29, 1.82) is 0 Å². The van der Waals surface area contributed by atoms with E-state index in [2.05, 4.69) is 53.7 Å². The molecule has 0 radical (unpaired) electrons. The minimum Gasteiger partial charge on any atom is -0.378 e. The van der Waals surface area contributed by atoms with E-state index in [1.54, 1.807) is 0 Å². The Kier molecular flexibility index (Phi) is 4.97. The first-order valence-electron chi connectivity index (χ1n) is 9.24. The maximum Gasteiger partial charge on any atom is 0.167 e. The zero-order valence-electron chi connectivity index (χ0n) is 15.8. The second-order valence-electron chi connectivity index (χ2n) is 7.41. The van der Waals surface area contributed by atoms with Crippen LogP contribution in [0.3, 0.4) is 0 Å². The van der Waals surface area contributed by atoms with Crippen LogP contribution in [0.4, 0.5) is 5.69 Å². The minimum absolute atomic E-state index is 0.0783. The molecule has 0 saturated carbocycles. The van der Waals surface area contributed by atoms with Crippen molar-refractivity contribution in [3.05, 3.63) is 71.9 Å². The molecule has 3 aromatic rings. The van der Waals surface area contributed by atoms with Gasteiger partial charge in [-0.1, -0.05) is 47.6 Å². The third kappa shape index (κ3) is 4.04. The highest BCUT2D eigenvalue weighted by Crippen LogP contribution is 2.26. The normalized spacial score (nSPS) is 15.3. The molecule has 1 fully saturated rings. The Morgan fingerprint density at radius 1 is 1.04 bits per heavy atom. The number of hydrogen-bond donors (Lipinski definition) is 1. The standard InChI is InChI=1S/C22H25N3O2/c1-25(2)20-10-8-17(9-11-20)14-23-22(15-26-16-22)13-19-12-21(27-24-19)18-6-4-3-5-7-18/h3-12,23H,13-16H2,1-2H3. The van der Waals surface area contributed by atoms with Crippen LogP contribution in [0.1, 0.15) is 11.3 Å². The quantitative estimate of drug-likeness (QED) is 0.696. The van der Waals surface area contributed by atoms with E-state index in [9.17, 15) is 0 Å². The van der Waals surface area contributed by atoms with Crippen LogP contribution in [-0.4, -0.2) is 38.0 Å². The summed E-state index contributed by atoms with van der Waals surface area (Å²) in [6, 6.07) is 20.7. The first-order valence-corrected chi connectivity index (χ1v) is 9.24. The highest BCUT2D eigenvalue weighted by Gasteiger charge is 2.39. The molecule has 0 spiro atoms. The lowest BCUT2D eigenvalue weighted by atomic mass is 9.90. The number of benzene rings is 2. The fourth-order valence-electron chi connectivity index (χ4n) is 3.30. The van der Waals surface area contributed by atoms with Crippen LogP contribution in [0.2, 0.25) is 0 Å². The molecule has 0 atom stereocenters. The van der Waals surface area contributed by atoms with Gasteiger partial charge in [0.05, 0.1) is 24.4 Å². The molecule has 1 saturated heterocycles. The third-order valence-corrected chi connectivity index (χ3v) is 5.01. The summed E-state index contributed by atoms with van der Waals surface area (Å²) in [4.78, 5) is 2.10. The minimum atomic E-state index is -0.0783. The molecule has 1 aliphatic heterocycles. The van der Waals surface area contributed by atoms with Gasteiger partial charge in [-0.3, -0.25) is 0 Å². The number of aromatic nitrogens is 1. The number of rotatable bonds is 7. The molecule has 1 aromatic heterocycles. The maximum absolute atomic E-state index is 5.54. The zero-order valence-corrected chi connectivity index (χ0v) is 15.8.